The molecule has 0 aliphatic carbocycles. The fourth-order valence-electron chi connectivity index (χ4n) is 3.17. The molecule has 110 valence electrons. The van der Waals surface area contributed by atoms with Crippen LogP contribution in [-0.2, 0) is 4.79 Å². The number of piperidine rings is 1. The maximum atomic E-state index is 11.8. The number of fused-ring (bicyclic) bond motifs is 1. The molecule has 1 atom stereocenters. The third kappa shape index (κ3) is 2.24. The molecule has 1 saturated heterocycles. The number of aromatic nitrogens is 1. The number of anilines is 1. The highest BCUT2D eigenvalue weighted by Crippen LogP contribution is 2.34. The van der Waals surface area contributed by atoms with Crippen LogP contribution in [0, 0.1) is 6.92 Å². The lowest BCUT2D eigenvalue weighted by Crippen LogP contribution is -2.56. The third-order valence-electron chi connectivity index (χ3n) is 4.50. The average molecular weight is 284 g/mol. The summed E-state index contributed by atoms with van der Waals surface area (Å²) in [7, 11) is 0. The topological polar surface area (TPSA) is 53.4 Å². The van der Waals surface area contributed by atoms with E-state index in [1.165, 1.54) is 0 Å². The molecule has 1 N–H and O–H groups in total. The van der Waals surface area contributed by atoms with Gasteiger partial charge in [-0.2, -0.15) is 0 Å². The largest absolute Gasteiger partial charge is 0.480 e. The van der Waals surface area contributed by atoms with Gasteiger partial charge in [0.2, 0.25) is 0 Å². The minimum absolute atomic E-state index is 0.663. The summed E-state index contributed by atoms with van der Waals surface area (Å²) in [6, 6.07) is 10.0. The number of hydrogen-bond acceptors (Lipinski definition) is 3. The number of benzene rings is 1. The van der Waals surface area contributed by atoms with E-state index in [0.717, 1.165) is 41.7 Å². The van der Waals surface area contributed by atoms with Crippen LogP contribution in [-0.4, -0.2) is 28.1 Å². The Kier molecular flexibility index (Phi) is 3.32. The molecular formula is C17H20N2O2. The number of para-hydroxylation sites is 1. The van der Waals surface area contributed by atoms with Gasteiger partial charge in [0, 0.05) is 11.9 Å². The highest BCUT2D eigenvalue weighted by atomic mass is 16.4. The fourth-order valence-corrected chi connectivity index (χ4v) is 3.17. The van der Waals surface area contributed by atoms with Crippen molar-refractivity contribution in [2.75, 3.05) is 11.4 Å². The van der Waals surface area contributed by atoms with Gasteiger partial charge in [-0.05, 0) is 50.8 Å². The van der Waals surface area contributed by atoms with Gasteiger partial charge in [-0.15, -0.1) is 0 Å². The van der Waals surface area contributed by atoms with Gasteiger partial charge in [0.1, 0.15) is 11.4 Å². The number of pyridine rings is 1. The van der Waals surface area contributed by atoms with E-state index in [4.69, 9.17) is 4.98 Å². The van der Waals surface area contributed by atoms with E-state index >= 15 is 0 Å². The zero-order valence-electron chi connectivity index (χ0n) is 12.5. The third-order valence-corrected chi connectivity index (χ3v) is 4.50. The molecule has 1 aromatic heterocycles. The quantitative estimate of drug-likeness (QED) is 0.918. The molecule has 1 unspecified atom stereocenters. The predicted octanol–water partition coefficient (Wildman–Crippen LogP) is 3.38. The van der Waals surface area contributed by atoms with E-state index in [1.807, 2.05) is 43.0 Å². The summed E-state index contributed by atoms with van der Waals surface area (Å²) >= 11 is 0. The van der Waals surface area contributed by atoms with Crippen molar-refractivity contribution < 1.29 is 9.90 Å². The van der Waals surface area contributed by atoms with E-state index in [0.29, 0.717) is 6.42 Å². The van der Waals surface area contributed by atoms with Crippen molar-refractivity contribution in [2.24, 2.45) is 0 Å². The molecule has 3 rings (SSSR count). The van der Waals surface area contributed by atoms with Crippen LogP contribution in [0.25, 0.3) is 10.9 Å². The predicted molar refractivity (Wildman–Crippen MR) is 83.7 cm³/mol. The summed E-state index contributed by atoms with van der Waals surface area (Å²) in [4.78, 5) is 18.5. The number of aryl methyl sites for hydroxylation is 1. The molecule has 4 heteroatoms. The van der Waals surface area contributed by atoms with Crippen LogP contribution >= 0.6 is 0 Å². The Labute approximate surface area is 124 Å². The van der Waals surface area contributed by atoms with E-state index in [2.05, 4.69) is 6.07 Å². The van der Waals surface area contributed by atoms with Crippen molar-refractivity contribution in [3.63, 3.8) is 0 Å². The second-order valence-corrected chi connectivity index (χ2v) is 6.01. The minimum Gasteiger partial charge on any atom is -0.480 e. The van der Waals surface area contributed by atoms with Gasteiger partial charge >= 0.3 is 5.97 Å². The second kappa shape index (κ2) is 5.02. The Morgan fingerprint density at radius 2 is 2.10 bits per heavy atom. The van der Waals surface area contributed by atoms with Gasteiger partial charge in [-0.25, -0.2) is 9.78 Å². The Morgan fingerprint density at radius 1 is 1.33 bits per heavy atom. The SMILES string of the molecule is Cc1cc2ccccc2nc1N1CCCCC1(C)C(=O)O. The molecule has 0 spiro atoms. The number of carbonyl (C=O) groups is 1. The number of hydrogen-bond donors (Lipinski definition) is 1. The van der Waals surface area contributed by atoms with Gasteiger partial charge in [0.05, 0.1) is 5.52 Å². The van der Waals surface area contributed by atoms with Crippen LogP contribution in [0.15, 0.2) is 30.3 Å². The molecule has 1 aromatic carbocycles. The smallest absolute Gasteiger partial charge is 0.329 e. The highest BCUT2D eigenvalue weighted by molar-refractivity contribution is 5.86. The first-order chi connectivity index (χ1) is 10.0. The van der Waals surface area contributed by atoms with Crippen LogP contribution < -0.4 is 4.90 Å². The number of carboxylic acids is 1. The highest BCUT2D eigenvalue weighted by Gasteiger charge is 2.42. The lowest BCUT2D eigenvalue weighted by atomic mass is 9.88. The summed E-state index contributed by atoms with van der Waals surface area (Å²) in [6.07, 6.45) is 2.62. The lowest BCUT2D eigenvalue weighted by Gasteiger charge is -2.43. The maximum absolute atomic E-state index is 11.8. The molecule has 0 bridgehead atoms. The summed E-state index contributed by atoms with van der Waals surface area (Å²) in [5, 5.41) is 10.8. The van der Waals surface area contributed by atoms with Gasteiger partial charge in [-0.1, -0.05) is 18.2 Å². The first-order valence-corrected chi connectivity index (χ1v) is 7.40. The Morgan fingerprint density at radius 3 is 2.86 bits per heavy atom. The maximum Gasteiger partial charge on any atom is 0.329 e. The van der Waals surface area contributed by atoms with E-state index < -0.39 is 11.5 Å². The van der Waals surface area contributed by atoms with Crippen molar-refractivity contribution in [1.82, 2.24) is 4.98 Å². The summed E-state index contributed by atoms with van der Waals surface area (Å²) in [5.74, 6) is 0.0369. The molecule has 1 aliphatic rings. The van der Waals surface area contributed by atoms with Gasteiger partial charge in [-0.3, -0.25) is 0 Å². The Hall–Kier alpha value is -2.10. The van der Waals surface area contributed by atoms with Crippen LogP contribution in [0.4, 0.5) is 5.82 Å². The van der Waals surface area contributed by atoms with E-state index in [1.54, 1.807) is 0 Å². The monoisotopic (exact) mass is 284 g/mol. The van der Waals surface area contributed by atoms with Crippen molar-refractivity contribution in [2.45, 2.75) is 38.6 Å². The molecule has 0 amide bonds. The second-order valence-electron chi connectivity index (χ2n) is 6.01. The molecule has 0 radical (unpaired) electrons. The molecule has 1 fully saturated rings. The van der Waals surface area contributed by atoms with Gasteiger partial charge < -0.3 is 10.0 Å². The first kappa shape index (κ1) is 13.9. The standard InChI is InChI=1S/C17H20N2O2/c1-12-11-13-7-3-4-8-14(13)18-15(12)19-10-6-5-9-17(19,2)16(20)21/h3-4,7-8,11H,5-6,9-10H2,1-2H3,(H,20,21). The first-order valence-electron chi connectivity index (χ1n) is 7.40. The molecular weight excluding hydrogens is 264 g/mol. The normalized spacial score (nSPS) is 22.5. The van der Waals surface area contributed by atoms with Crippen LogP contribution in [0.1, 0.15) is 31.7 Å². The summed E-state index contributed by atoms with van der Waals surface area (Å²) in [6.45, 7) is 4.56. The molecule has 2 aromatic rings. The van der Waals surface area contributed by atoms with Crippen molar-refractivity contribution in [3.8, 4) is 0 Å². The lowest BCUT2D eigenvalue weighted by molar-refractivity contribution is -0.143. The Bertz CT molecular complexity index is 698. The zero-order valence-corrected chi connectivity index (χ0v) is 12.5. The van der Waals surface area contributed by atoms with Crippen molar-refractivity contribution in [1.29, 1.82) is 0 Å². The minimum atomic E-state index is -0.863. The average Bonchev–Trinajstić information content (AvgIpc) is 2.47. The zero-order chi connectivity index (χ0) is 15.0. The van der Waals surface area contributed by atoms with E-state index in [-0.39, 0.29) is 0 Å². The van der Waals surface area contributed by atoms with Crippen LogP contribution in [0.3, 0.4) is 0 Å². The van der Waals surface area contributed by atoms with Crippen molar-refractivity contribution in [3.05, 3.63) is 35.9 Å². The molecule has 1 aliphatic heterocycles. The number of nitrogens with zero attached hydrogens (tertiary/aromatic N) is 2. The van der Waals surface area contributed by atoms with Crippen LogP contribution in [0.5, 0.6) is 0 Å². The summed E-state index contributed by atoms with van der Waals surface area (Å²) in [5.41, 5.74) is 1.08. The van der Waals surface area contributed by atoms with E-state index in [9.17, 15) is 9.90 Å². The molecule has 4 nitrogen and oxygen atoms in total. The molecule has 21 heavy (non-hydrogen) atoms. The number of carboxylic acid groups (broad SMARTS) is 1. The number of aliphatic carboxylic acids is 1. The van der Waals surface area contributed by atoms with Gasteiger partial charge in [0.15, 0.2) is 0 Å². The van der Waals surface area contributed by atoms with Gasteiger partial charge in [0.25, 0.3) is 0 Å². The fraction of sp³-hybridized carbons (Fsp3) is 0.412. The van der Waals surface area contributed by atoms with Crippen molar-refractivity contribution >= 4 is 22.7 Å². The van der Waals surface area contributed by atoms with Crippen LogP contribution in [0.2, 0.25) is 0 Å². The number of rotatable bonds is 2. The molecule has 2 heterocycles. The molecule has 0 saturated carbocycles. The Balaban J connectivity index is 2.13. The summed E-state index contributed by atoms with van der Waals surface area (Å²) < 4.78 is 0.